The molecule has 0 spiro atoms. The number of alkyl carbamates (subject to hydrolysis) is 1. The number of nitrogens with zero attached hydrogens (tertiary/aromatic N) is 4. The Labute approximate surface area is 187 Å². The van der Waals surface area contributed by atoms with Gasteiger partial charge in [-0.1, -0.05) is 36.0 Å². The summed E-state index contributed by atoms with van der Waals surface area (Å²) in [5.74, 6) is -0.246. The molecular formula is C22H21N5O4S. The van der Waals surface area contributed by atoms with Gasteiger partial charge in [-0.15, -0.1) is 10.2 Å². The number of hydrogen-bond acceptors (Lipinski definition) is 7. The third-order valence-corrected chi connectivity index (χ3v) is 5.99. The molecule has 0 aliphatic carbocycles. The predicted octanol–water partition coefficient (Wildman–Crippen LogP) is 3.02. The van der Waals surface area contributed by atoms with Crippen LogP contribution < -0.4 is 10.9 Å². The number of para-hydroxylation sites is 1. The number of hydrogen-bond donors (Lipinski definition) is 1. The van der Waals surface area contributed by atoms with Crippen molar-refractivity contribution in [2.24, 2.45) is 0 Å². The molecule has 10 heteroatoms. The van der Waals surface area contributed by atoms with Crippen LogP contribution in [0.25, 0.3) is 22.4 Å². The number of thioether (sulfide) groups is 1. The van der Waals surface area contributed by atoms with Crippen molar-refractivity contribution in [3.8, 4) is 5.69 Å². The Morgan fingerprint density at radius 3 is 2.66 bits per heavy atom. The number of aromatic nitrogens is 4. The minimum atomic E-state index is -0.793. The highest BCUT2D eigenvalue weighted by Gasteiger charge is 2.20. The van der Waals surface area contributed by atoms with Crippen LogP contribution in [0.15, 0.2) is 52.4 Å². The summed E-state index contributed by atoms with van der Waals surface area (Å²) in [5, 5.41) is 11.6. The molecule has 2 aromatic heterocycles. The van der Waals surface area contributed by atoms with Crippen LogP contribution in [-0.2, 0) is 9.53 Å². The first kappa shape index (κ1) is 21.6. The second-order valence-electron chi connectivity index (χ2n) is 7.05. The lowest BCUT2D eigenvalue weighted by Gasteiger charge is -2.14. The van der Waals surface area contributed by atoms with Gasteiger partial charge in [0.2, 0.25) is 11.7 Å². The lowest BCUT2D eigenvalue weighted by Crippen LogP contribution is -2.32. The molecule has 4 rings (SSSR count). The second-order valence-corrected chi connectivity index (χ2v) is 7.99. The van der Waals surface area contributed by atoms with Gasteiger partial charge in [-0.2, -0.15) is 0 Å². The molecule has 4 aromatic rings. The average Bonchev–Trinajstić information content (AvgIpc) is 3.19. The number of carbonyl (C=O) groups excluding carboxylic acids is 2. The minimum Gasteiger partial charge on any atom is -0.450 e. The standard InChI is InChI=1S/C22H21N5O4S/c1-4-31-22(30)23-18(28)12-32-21-25-24-20-26(16-11-7-8-13(2)14(16)3)19(29)15-9-5-6-10-17(15)27(20)21/h5-11H,4,12H2,1-3H3,(H,23,28,30). The first-order valence-corrected chi connectivity index (χ1v) is 11.0. The molecule has 0 fully saturated rings. The maximum atomic E-state index is 13.4. The number of aryl methyl sites for hydroxylation is 1. The molecule has 9 nitrogen and oxygen atoms in total. The number of benzene rings is 2. The van der Waals surface area contributed by atoms with Gasteiger partial charge in [0, 0.05) is 0 Å². The van der Waals surface area contributed by atoms with Gasteiger partial charge in [-0.05, 0) is 50.1 Å². The van der Waals surface area contributed by atoms with Crippen molar-refractivity contribution in [2.45, 2.75) is 25.9 Å². The molecule has 0 aliphatic heterocycles. The Morgan fingerprint density at radius 1 is 1.09 bits per heavy atom. The first-order valence-electron chi connectivity index (χ1n) is 9.97. The molecule has 164 valence electrons. The first-order chi connectivity index (χ1) is 15.4. The molecule has 0 saturated heterocycles. The Kier molecular flexibility index (Phi) is 5.95. The lowest BCUT2D eigenvalue weighted by atomic mass is 10.1. The Morgan fingerprint density at radius 2 is 1.88 bits per heavy atom. The summed E-state index contributed by atoms with van der Waals surface area (Å²) in [6.45, 7) is 5.76. The van der Waals surface area contributed by atoms with E-state index in [0.717, 1.165) is 28.6 Å². The van der Waals surface area contributed by atoms with Gasteiger partial charge in [0.25, 0.3) is 5.56 Å². The summed E-state index contributed by atoms with van der Waals surface area (Å²) in [5.41, 5.74) is 3.15. The molecular weight excluding hydrogens is 430 g/mol. The van der Waals surface area contributed by atoms with Gasteiger partial charge < -0.3 is 4.74 Å². The number of fused-ring (bicyclic) bond motifs is 3. The van der Waals surface area contributed by atoms with Gasteiger partial charge in [0.05, 0.1) is 29.0 Å². The number of imide groups is 1. The van der Waals surface area contributed by atoms with Gasteiger partial charge in [0.15, 0.2) is 5.16 Å². The van der Waals surface area contributed by atoms with E-state index in [9.17, 15) is 14.4 Å². The largest absolute Gasteiger partial charge is 0.450 e. The highest BCUT2D eigenvalue weighted by molar-refractivity contribution is 7.99. The van der Waals surface area contributed by atoms with Crippen molar-refractivity contribution in [3.05, 3.63) is 63.9 Å². The van der Waals surface area contributed by atoms with E-state index in [2.05, 4.69) is 15.5 Å². The number of carbonyl (C=O) groups is 2. The van der Waals surface area contributed by atoms with E-state index in [1.54, 1.807) is 28.0 Å². The fourth-order valence-corrected chi connectivity index (χ4v) is 4.15. The van der Waals surface area contributed by atoms with Crippen molar-refractivity contribution in [3.63, 3.8) is 0 Å². The number of rotatable bonds is 5. The van der Waals surface area contributed by atoms with Gasteiger partial charge in [-0.25, -0.2) is 9.36 Å². The van der Waals surface area contributed by atoms with Crippen LogP contribution in [0.2, 0.25) is 0 Å². The van der Waals surface area contributed by atoms with Crippen molar-refractivity contribution < 1.29 is 14.3 Å². The zero-order valence-corrected chi connectivity index (χ0v) is 18.6. The van der Waals surface area contributed by atoms with E-state index < -0.39 is 12.0 Å². The molecule has 2 amide bonds. The maximum Gasteiger partial charge on any atom is 0.413 e. The Bertz CT molecular complexity index is 1410. The molecule has 2 aromatic carbocycles. The summed E-state index contributed by atoms with van der Waals surface area (Å²) in [6.07, 6.45) is -0.793. The Balaban J connectivity index is 1.83. The van der Waals surface area contributed by atoms with Crippen LogP contribution in [-0.4, -0.2) is 43.5 Å². The van der Waals surface area contributed by atoms with Crippen LogP contribution in [0.5, 0.6) is 0 Å². The van der Waals surface area contributed by atoms with Crippen LogP contribution in [0.1, 0.15) is 18.1 Å². The van der Waals surface area contributed by atoms with Crippen LogP contribution in [0.4, 0.5) is 4.79 Å². The van der Waals surface area contributed by atoms with Crippen molar-refractivity contribution in [1.82, 2.24) is 24.5 Å². The second kappa shape index (κ2) is 8.83. The van der Waals surface area contributed by atoms with Crippen molar-refractivity contribution in [1.29, 1.82) is 0 Å². The monoisotopic (exact) mass is 451 g/mol. The van der Waals surface area contributed by atoms with E-state index in [4.69, 9.17) is 4.74 Å². The van der Waals surface area contributed by atoms with E-state index in [-0.39, 0.29) is 17.9 Å². The van der Waals surface area contributed by atoms with Crippen molar-refractivity contribution >= 4 is 40.4 Å². The third kappa shape index (κ3) is 3.84. The topological polar surface area (TPSA) is 108 Å². The zero-order chi connectivity index (χ0) is 22.8. The molecule has 2 heterocycles. The van der Waals surface area contributed by atoms with E-state index in [1.807, 2.05) is 44.2 Å². The van der Waals surface area contributed by atoms with Gasteiger partial charge in [0.1, 0.15) is 0 Å². The SMILES string of the molecule is CCOC(=O)NC(=O)CSc1nnc2n(-c3cccc(C)c3C)c(=O)c3ccccc3n12. The molecule has 0 atom stereocenters. The molecule has 0 aliphatic rings. The fourth-order valence-electron chi connectivity index (χ4n) is 3.41. The fraction of sp³-hybridized carbons (Fsp3) is 0.227. The lowest BCUT2D eigenvalue weighted by molar-refractivity contribution is -0.117. The van der Waals surface area contributed by atoms with Gasteiger partial charge in [-0.3, -0.25) is 19.3 Å². The molecule has 0 bridgehead atoms. The molecule has 0 saturated carbocycles. The maximum absolute atomic E-state index is 13.4. The van der Waals surface area contributed by atoms with Crippen LogP contribution >= 0.6 is 11.8 Å². The van der Waals surface area contributed by atoms with Crippen molar-refractivity contribution in [2.75, 3.05) is 12.4 Å². The highest BCUT2D eigenvalue weighted by atomic mass is 32.2. The quantitative estimate of drug-likeness (QED) is 0.465. The number of amides is 2. The zero-order valence-electron chi connectivity index (χ0n) is 17.8. The summed E-state index contributed by atoms with van der Waals surface area (Å²) in [6, 6.07) is 12.9. The average molecular weight is 452 g/mol. The molecule has 32 heavy (non-hydrogen) atoms. The third-order valence-electron chi connectivity index (χ3n) is 5.06. The smallest absolute Gasteiger partial charge is 0.413 e. The normalized spacial score (nSPS) is 11.1. The summed E-state index contributed by atoms with van der Waals surface area (Å²) in [4.78, 5) is 37.0. The minimum absolute atomic E-state index is 0.0729. The number of ether oxygens (including phenoxy) is 1. The van der Waals surface area contributed by atoms with E-state index >= 15 is 0 Å². The summed E-state index contributed by atoms with van der Waals surface area (Å²) >= 11 is 1.11. The molecule has 1 N–H and O–H groups in total. The van der Waals surface area contributed by atoms with E-state index in [0.29, 0.717) is 21.8 Å². The summed E-state index contributed by atoms with van der Waals surface area (Å²) in [7, 11) is 0. The van der Waals surface area contributed by atoms with Crippen LogP contribution in [0, 0.1) is 13.8 Å². The van der Waals surface area contributed by atoms with E-state index in [1.165, 1.54) is 0 Å². The highest BCUT2D eigenvalue weighted by Crippen LogP contribution is 2.24. The predicted molar refractivity (Wildman–Crippen MR) is 121 cm³/mol. The molecule has 0 radical (unpaired) electrons. The Hall–Kier alpha value is -3.66. The molecule has 0 unspecified atom stereocenters. The summed E-state index contributed by atoms with van der Waals surface area (Å²) < 4.78 is 8.02. The number of nitrogens with one attached hydrogen (secondary N) is 1. The van der Waals surface area contributed by atoms with Crippen LogP contribution in [0.3, 0.4) is 0 Å². The van der Waals surface area contributed by atoms with Gasteiger partial charge >= 0.3 is 6.09 Å².